The summed E-state index contributed by atoms with van der Waals surface area (Å²) in [5, 5.41) is 6.13. The molecule has 0 aliphatic rings. The quantitative estimate of drug-likeness (QED) is 0.892. The molecule has 0 fully saturated rings. The number of benzene rings is 1. The van der Waals surface area contributed by atoms with Gasteiger partial charge in [0.25, 0.3) is 0 Å². The second kappa shape index (κ2) is 6.05. The van der Waals surface area contributed by atoms with Gasteiger partial charge in [0.05, 0.1) is 12.1 Å². The van der Waals surface area contributed by atoms with Gasteiger partial charge in [0.15, 0.2) is 0 Å². The summed E-state index contributed by atoms with van der Waals surface area (Å²) in [6, 6.07) is 10.0. The van der Waals surface area contributed by atoms with Gasteiger partial charge in [-0.2, -0.15) is 0 Å². The van der Waals surface area contributed by atoms with E-state index >= 15 is 0 Å². The molecule has 2 aromatic rings. The maximum atomic E-state index is 5.87. The van der Waals surface area contributed by atoms with Gasteiger partial charge in [0.2, 0.25) is 0 Å². The van der Waals surface area contributed by atoms with Crippen LogP contribution >= 0.6 is 22.9 Å². The van der Waals surface area contributed by atoms with Gasteiger partial charge in [0, 0.05) is 28.9 Å². The molecule has 17 heavy (non-hydrogen) atoms. The van der Waals surface area contributed by atoms with Gasteiger partial charge in [-0.3, -0.25) is 0 Å². The van der Waals surface area contributed by atoms with Crippen LogP contribution in [-0.2, 0) is 13.1 Å². The van der Waals surface area contributed by atoms with E-state index in [2.05, 4.69) is 11.4 Å². The standard InChI is InChI=1S/C13H14ClNOS/c1-16-13-5-3-2-4-10(13)7-15-8-12-6-11(14)9-17-12/h2-6,9,15H,7-8H2,1H3. The van der Waals surface area contributed by atoms with Crippen LogP contribution in [-0.4, -0.2) is 7.11 Å². The summed E-state index contributed by atoms with van der Waals surface area (Å²) < 4.78 is 5.29. The Labute approximate surface area is 110 Å². The number of para-hydroxylation sites is 1. The average molecular weight is 268 g/mol. The molecule has 0 radical (unpaired) electrons. The monoisotopic (exact) mass is 267 g/mol. The second-order valence-electron chi connectivity index (χ2n) is 3.65. The van der Waals surface area contributed by atoms with E-state index in [-0.39, 0.29) is 0 Å². The van der Waals surface area contributed by atoms with Crippen molar-refractivity contribution in [1.29, 1.82) is 0 Å². The van der Waals surface area contributed by atoms with E-state index in [1.807, 2.05) is 29.6 Å². The number of hydrogen-bond donors (Lipinski definition) is 1. The Morgan fingerprint density at radius 2 is 2.12 bits per heavy atom. The Hall–Kier alpha value is -1.03. The molecule has 0 bridgehead atoms. The van der Waals surface area contributed by atoms with Crippen molar-refractivity contribution in [3.63, 3.8) is 0 Å². The number of methoxy groups -OCH3 is 1. The van der Waals surface area contributed by atoms with Gasteiger partial charge in [0.1, 0.15) is 5.75 Å². The van der Waals surface area contributed by atoms with Crippen molar-refractivity contribution < 1.29 is 4.74 Å². The Balaban J connectivity index is 1.89. The van der Waals surface area contributed by atoms with Crippen LogP contribution in [0.4, 0.5) is 0 Å². The first-order valence-corrected chi connectivity index (χ1v) is 6.61. The molecule has 0 saturated carbocycles. The van der Waals surface area contributed by atoms with Gasteiger partial charge >= 0.3 is 0 Å². The van der Waals surface area contributed by atoms with Crippen LogP contribution in [0.3, 0.4) is 0 Å². The van der Waals surface area contributed by atoms with Crippen molar-refractivity contribution in [3.05, 3.63) is 51.2 Å². The molecule has 0 atom stereocenters. The lowest BCUT2D eigenvalue weighted by molar-refractivity contribution is 0.407. The van der Waals surface area contributed by atoms with Crippen molar-refractivity contribution in [3.8, 4) is 5.75 Å². The van der Waals surface area contributed by atoms with Crippen molar-refractivity contribution in [2.24, 2.45) is 0 Å². The van der Waals surface area contributed by atoms with Crippen LogP contribution < -0.4 is 10.1 Å². The van der Waals surface area contributed by atoms with Gasteiger partial charge in [-0.05, 0) is 12.1 Å². The van der Waals surface area contributed by atoms with E-state index in [4.69, 9.17) is 16.3 Å². The lowest BCUT2D eigenvalue weighted by Gasteiger charge is -2.08. The molecule has 0 aliphatic heterocycles. The van der Waals surface area contributed by atoms with Crippen molar-refractivity contribution >= 4 is 22.9 Å². The first-order valence-electron chi connectivity index (χ1n) is 5.35. The predicted octanol–water partition coefficient (Wildman–Crippen LogP) is 3.70. The molecule has 4 heteroatoms. The Morgan fingerprint density at radius 1 is 1.29 bits per heavy atom. The Bertz CT molecular complexity index is 484. The van der Waals surface area contributed by atoms with Gasteiger partial charge in [-0.25, -0.2) is 0 Å². The summed E-state index contributed by atoms with van der Waals surface area (Å²) >= 11 is 7.54. The summed E-state index contributed by atoms with van der Waals surface area (Å²) in [5.74, 6) is 0.921. The fraction of sp³-hybridized carbons (Fsp3) is 0.231. The molecular formula is C13H14ClNOS. The zero-order chi connectivity index (χ0) is 12.1. The maximum absolute atomic E-state index is 5.87. The summed E-state index contributed by atoms with van der Waals surface area (Å²) in [6.45, 7) is 1.62. The molecule has 1 N–H and O–H groups in total. The number of halogens is 1. The topological polar surface area (TPSA) is 21.3 Å². The molecule has 0 amide bonds. The minimum Gasteiger partial charge on any atom is -0.496 e. The highest BCUT2D eigenvalue weighted by atomic mass is 35.5. The third-order valence-corrected chi connectivity index (χ3v) is 3.71. The number of thiophene rings is 1. The number of nitrogens with one attached hydrogen (secondary N) is 1. The molecule has 0 spiro atoms. The highest BCUT2D eigenvalue weighted by Gasteiger charge is 2.02. The smallest absolute Gasteiger partial charge is 0.123 e. The van der Waals surface area contributed by atoms with E-state index in [1.54, 1.807) is 18.4 Å². The Morgan fingerprint density at radius 3 is 2.82 bits per heavy atom. The van der Waals surface area contributed by atoms with Gasteiger partial charge in [-0.15, -0.1) is 11.3 Å². The third kappa shape index (κ3) is 3.46. The van der Waals surface area contributed by atoms with E-state index in [9.17, 15) is 0 Å². The van der Waals surface area contributed by atoms with Gasteiger partial charge in [-0.1, -0.05) is 29.8 Å². The number of ether oxygens (including phenoxy) is 1. The minimum absolute atomic E-state index is 0.791. The average Bonchev–Trinajstić information content (AvgIpc) is 2.76. The Kier molecular flexibility index (Phi) is 4.42. The number of rotatable bonds is 5. The van der Waals surface area contributed by atoms with E-state index in [0.29, 0.717) is 0 Å². The van der Waals surface area contributed by atoms with E-state index < -0.39 is 0 Å². The molecule has 1 aromatic carbocycles. The van der Waals surface area contributed by atoms with Crippen molar-refractivity contribution in [1.82, 2.24) is 5.32 Å². The fourth-order valence-corrected chi connectivity index (χ4v) is 2.66. The SMILES string of the molecule is COc1ccccc1CNCc1cc(Cl)cs1. The highest BCUT2D eigenvalue weighted by Crippen LogP contribution is 2.20. The lowest BCUT2D eigenvalue weighted by Crippen LogP contribution is -2.12. The molecule has 0 saturated heterocycles. The normalized spacial score (nSPS) is 10.5. The highest BCUT2D eigenvalue weighted by molar-refractivity contribution is 7.10. The summed E-state index contributed by atoms with van der Waals surface area (Å²) in [5.41, 5.74) is 1.16. The number of hydrogen-bond acceptors (Lipinski definition) is 3. The van der Waals surface area contributed by atoms with Crippen LogP contribution in [0.15, 0.2) is 35.7 Å². The fourth-order valence-electron chi connectivity index (χ4n) is 1.62. The molecule has 0 aliphatic carbocycles. The van der Waals surface area contributed by atoms with E-state index in [0.717, 1.165) is 29.4 Å². The first-order chi connectivity index (χ1) is 8.29. The molecule has 0 unspecified atom stereocenters. The van der Waals surface area contributed by atoms with Crippen LogP contribution in [0.2, 0.25) is 5.02 Å². The van der Waals surface area contributed by atoms with Crippen LogP contribution in [0.1, 0.15) is 10.4 Å². The minimum atomic E-state index is 0.791. The third-order valence-electron chi connectivity index (χ3n) is 2.43. The van der Waals surface area contributed by atoms with Crippen LogP contribution in [0.25, 0.3) is 0 Å². The molecular weight excluding hydrogens is 254 g/mol. The molecule has 2 rings (SSSR count). The lowest BCUT2D eigenvalue weighted by atomic mass is 10.2. The maximum Gasteiger partial charge on any atom is 0.123 e. The van der Waals surface area contributed by atoms with Crippen molar-refractivity contribution in [2.75, 3.05) is 7.11 Å². The molecule has 90 valence electrons. The van der Waals surface area contributed by atoms with Crippen LogP contribution in [0.5, 0.6) is 5.75 Å². The molecule has 2 nitrogen and oxygen atoms in total. The largest absolute Gasteiger partial charge is 0.496 e. The van der Waals surface area contributed by atoms with Crippen molar-refractivity contribution in [2.45, 2.75) is 13.1 Å². The van der Waals surface area contributed by atoms with Gasteiger partial charge < -0.3 is 10.1 Å². The second-order valence-corrected chi connectivity index (χ2v) is 5.08. The summed E-state index contributed by atoms with van der Waals surface area (Å²) in [6.07, 6.45) is 0. The van der Waals surface area contributed by atoms with Crippen LogP contribution in [0, 0.1) is 0 Å². The zero-order valence-electron chi connectivity index (χ0n) is 9.57. The summed E-state index contributed by atoms with van der Waals surface area (Å²) in [7, 11) is 1.69. The molecule has 1 heterocycles. The predicted molar refractivity (Wildman–Crippen MR) is 72.9 cm³/mol. The zero-order valence-corrected chi connectivity index (χ0v) is 11.1. The summed E-state index contributed by atoms with van der Waals surface area (Å²) in [4.78, 5) is 1.24. The first kappa shape index (κ1) is 12.4. The van der Waals surface area contributed by atoms with E-state index in [1.165, 1.54) is 4.88 Å². The molecule has 1 aromatic heterocycles.